The molecule has 8 nitrogen and oxygen atoms in total. The second-order valence-electron chi connectivity index (χ2n) is 5.59. The van der Waals surface area contributed by atoms with E-state index in [0.717, 1.165) is 6.42 Å². The molecule has 0 aliphatic carbocycles. The highest BCUT2D eigenvalue weighted by molar-refractivity contribution is 5.59. The Morgan fingerprint density at radius 1 is 1.57 bits per heavy atom. The predicted molar refractivity (Wildman–Crippen MR) is 77.3 cm³/mol. The van der Waals surface area contributed by atoms with Crippen LogP contribution in [0.5, 0.6) is 0 Å². The number of hydrogen-bond acceptors (Lipinski definition) is 6. The number of aromatic nitrogens is 2. The van der Waals surface area contributed by atoms with Crippen molar-refractivity contribution in [1.82, 2.24) is 9.78 Å². The highest BCUT2D eigenvalue weighted by atomic mass is 16.7. The highest BCUT2D eigenvalue weighted by Crippen LogP contribution is 2.29. The molecule has 2 heterocycles. The first-order chi connectivity index (χ1) is 9.84. The fourth-order valence-corrected chi connectivity index (χ4v) is 2.41. The molecule has 1 aromatic heterocycles. The molecule has 2 rings (SSSR count). The van der Waals surface area contributed by atoms with Gasteiger partial charge in [-0.05, 0) is 27.2 Å². The van der Waals surface area contributed by atoms with E-state index in [1.807, 2.05) is 20.8 Å². The van der Waals surface area contributed by atoms with Crippen molar-refractivity contribution in [3.05, 3.63) is 15.8 Å². The van der Waals surface area contributed by atoms with Crippen LogP contribution in [0, 0.1) is 17.0 Å². The van der Waals surface area contributed by atoms with Crippen molar-refractivity contribution in [2.75, 3.05) is 18.5 Å². The standard InChI is InChI=1S/C13H22N4O4/c1-5-6-16-12(11(17(18)19)9(2)15-16)14-7-10-8-20-13(3,4)21-10/h10,14H,5-8H2,1-4H3. The Balaban J connectivity index is 2.12. The van der Waals surface area contributed by atoms with Gasteiger partial charge in [-0.2, -0.15) is 5.10 Å². The number of ether oxygens (including phenoxy) is 2. The summed E-state index contributed by atoms with van der Waals surface area (Å²) in [5.74, 6) is -0.162. The van der Waals surface area contributed by atoms with E-state index in [2.05, 4.69) is 10.4 Å². The van der Waals surface area contributed by atoms with Crippen LogP contribution in [0.25, 0.3) is 0 Å². The molecular formula is C13H22N4O4. The third-order valence-corrected chi connectivity index (χ3v) is 3.28. The van der Waals surface area contributed by atoms with E-state index in [0.29, 0.717) is 31.2 Å². The van der Waals surface area contributed by atoms with Crippen molar-refractivity contribution in [3.8, 4) is 0 Å². The summed E-state index contributed by atoms with van der Waals surface area (Å²) < 4.78 is 12.8. The monoisotopic (exact) mass is 298 g/mol. The molecular weight excluding hydrogens is 276 g/mol. The van der Waals surface area contributed by atoms with Crippen LogP contribution in [-0.2, 0) is 16.0 Å². The Labute approximate surface area is 123 Å². The van der Waals surface area contributed by atoms with Crippen LogP contribution in [0.1, 0.15) is 32.9 Å². The van der Waals surface area contributed by atoms with Crippen molar-refractivity contribution < 1.29 is 14.4 Å². The number of nitrogens with one attached hydrogen (secondary N) is 1. The smallest absolute Gasteiger partial charge is 0.333 e. The lowest BCUT2D eigenvalue weighted by Gasteiger charge is -2.17. The van der Waals surface area contributed by atoms with Gasteiger partial charge in [-0.1, -0.05) is 6.92 Å². The third kappa shape index (κ3) is 3.51. The molecule has 21 heavy (non-hydrogen) atoms. The van der Waals surface area contributed by atoms with Gasteiger partial charge in [0.05, 0.1) is 11.5 Å². The van der Waals surface area contributed by atoms with Crippen molar-refractivity contribution in [2.45, 2.75) is 52.6 Å². The van der Waals surface area contributed by atoms with Crippen molar-refractivity contribution in [1.29, 1.82) is 0 Å². The molecule has 1 atom stereocenters. The van der Waals surface area contributed by atoms with Crippen molar-refractivity contribution in [2.24, 2.45) is 0 Å². The second kappa shape index (κ2) is 5.98. The first kappa shape index (κ1) is 15.7. The van der Waals surface area contributed by atoms with E-state index in [9.17, 15) is 10.1 Å². The van der Waals surface area contributed by atoms with Gasteiger partial charge in [0.25, 0.3) is 0 Å². The van der Waals surface area contributed by atoms with Gasteiger partial charge in [-0.25, -0.2) is 4.68 Å². The average Bonchev–Trinajstić information content (AvgIpc) is 2.87. The summed E-state index contributed by atoms with van der Waals surface area (Å²) in [5, 5.41) is 18.6. The lowest BCUT2D eigenvalue weighted by atomic mass is 10.3. The fraction of sp³-hybridized carbons (Fsp3) is 0.769. The van der Waals surface area contributed by atoms with E-state index in [1.54, 1.807) is 11.6 Å². The molecule has 1 aromatic rings. The summed E-state index contributed by atoms with van der Waals surface area (Å²) in [6.07, 6.45) is 0.716. The first-order valence-electron chi connectivity index (χ1n) is 7.11. The Bertz CT molecular complexity index is 526. The van der Waals surface area contributed by atoms with E-state index in [4.69, 9.17) is 9.47 Å². The molecule has 1 aliphatic rings. The maximum atomic E-state index is 11.2. The van der Waals surface area contributed by atoms with Crippen LogP contribution in [0.3, 0.4) is 0 Å². The van der Waals surface area contributed by atoms with E-state index in [-0.39, 0.29) is 11.8 Å². The van der Waals surface area contributed by atoms with E-state index < -0.39 is 10.7 Å². The molecule has 0 spiro atoms. The molecule has 1 aliphatic heterocycles. The molecule has 0 radical (unpaired) electrons. The summed E-state index contributed by atoms with van der Waals surface area (Å²) in [7, 11) is 0. The number of nitrogens with zero attached hydrogens (tertiary/aromatic N) is 3. The zero-order valence-corrected chi connectivity index (χ0v) is 12.9. The molecule has 0 amide bonds. The van der Waals surface area contributed by atoms with Crippen LogP contribution < -0.4 is 5.32 Å². The molecule has 0 bridgehead atoms. The SMILES string of the molecule is CCCn1nc(C)c([N+](=O)[O-])c1NCC1COC(C)(C)O1. The fourth-order valence-electron chi connectivity index (χ4n) is 2.41. The maximum Gasteiger partial charge on any atom is 0.333 e. The predicted octanol–water partition coefficient (Wildman–Crippen LogP) is 2.07. The number of hydrogen-bond donors (Lipinski definition) is 1. The minimum Gasteiger partial charge on any atom is -0.362 e. The number of anilines is 1. The van der Waals surface area contributed by atoms with Crippen molar-refractivity contribution >= 4 is 11.5 Å². The lowest BCUT2D eigenvalue weighted by molar-refractivity contribution is -0.384. The summed E-state index contributed by atoms with van der Waals surface area (Å²) in [6.45, 7) is 8.89. The van der Waals surface area contributed by atoms with Gasteiger partial charge in [0, 0.05) is 13.1 Å². The van der Waals surface area contributed by atoms with Gasteiger partial charge in [0.2, 0.25) is 5.82 Å². The third-order valence-electron chi connectivity index (χ3n) is 3.28. The van der Waals surface area contributed by atoms with Gasteiger partial charge >= 0.3 is 5.69 Å². The van der Waals surface area contributed by atoms with E-state index in [1.165, 1.54) is 0 Å². The molecule has 1 unspecified atom stereocenters. The van der Waals surface area contributed by atoms with Crippen LogP contribution in [0.15, 0.2) is 0 Å². The molecule has 118 valence electrons. The average molecular weight is 298 g/mol. The quantitative estimate of drug-likeness (QED) is 0.638. The lowest BCUT2D eigenvalue weighted by Crippen LogP contribution is -2.26. The Morgan fingerprint density at radius 2 is 2.29 bits per heavy atom. The summed E-state index contributed by atoms with van der Waals surface area (Å²) >= 11 is 0. The van der Waals surface area contributed by atoms with Gasteiger partial charge in [0.1, 0.15) is 11.8 Å². The Morgan fingerprint density at radius 3 is 2.81 bits per heavy atom. The zero-order valence-electron chi connectivity index (χ0n) is 12.9. The molecule has 8 heteroatoms. The summed E-state index contributed by atoms with van der Waals surface area (Å²) in [4.78, 5) is 10.8. The molecule has 1 N–H and O–H groups in total. The summed E-state index contributed by atoms with van der Waals surface area (Å²) in [6, 6.07) is 0. The van der Waals surface area contributed by atoms with Gasteiger partial charge < -0.3 is 14.8 Å². The van der Waals surface area contributed by atoms with Gasteiger partial charge in [-0.3, -0.25) is 10.1 Å². The number of aryl methyl sites for hydroxylation is 2. The number of nitro groups is 1. The molecule has 1 fully saturated rings. The van der Waals surface area contributed by atoms with Gasteiger partial charge in [0.15, 0.2) is 5.79 Å². The maximum absolute atomic E-state index is 11.2. The van der Waals surface area contributed by atoms with Crippen LogP contribution in [0.2, 0.25) is 0 Å². The molecule has 0 aromatic carbocycles. The molecule has 0 saturated carbocycles. The van der Waals surface area contributed by atoms with Gasteiger partial charge in [-0.15, -0.1) is 0 Å². The van der Waals surface area contributed by atoms with Crippen LogP contribution in [0.4, 0.5) is 11.5 Å². The summed E-state index contributed by atoms with van der Waals surface area (Å²) in [5.41, 5.74) is 0.446. The number of rotatable bonds is 6. The Hall–Kier alpha value is -1.67. The normalized spacial score (nSPS) is 20.7. The Kier molecular flexibility index (Phi) is 4.48. The minimum absolute atomic E-state index is 0.0293. The molecule has 1 saturated heterocycles. The van der Waals surface area contributed by atoms with E-state index >= 15 is 0 Å². The van der Waals surface area contributed by atoms with Crippen LogP contribution in [-0.4, -0.2) is 39.7 Å². The zero-order chi connectivity index (χ0) is 15.6. The minimum atomic E-state index is -0.599. The second-order valence-corrected chi connectivity index (χ2v) is 5.59. The van der Waals surface area contributed by atoms with Crippen LogP contribution >= 0.6 is 0 Å². The highest BCUT2D eigenvalue weighted by Gasteiger charge is 2.33. The first-order valence-corrected chi connectivity index (χ1v) is 7.11. The van der Waals surface area contributed by atoms with Crippen molar-refractivity contribution in [3.63, 3.8) is 0 Å². The topological polar surface area (TPSA) is 91.5 Å². The largest absolute Gasteiger partial charge is 0.362 e.